The fourth-order valence-electron chi connectivity index (χ4n) is 3.84. The number of hydrogen-bond donors (Lipinski definition) is 2. The van der Waals surface area contributed by atoms with Crippen LogP contribution in [0.3, 0.4) is 0 Å². The van der Waals surface area contributed by atoms with Crippen LogP contribution in [0, 0.1) is 5.92 Å². The molecule has 0 aliphatic rings. The minimum Gasteiger partial charge on any atom is -0.480 e. The summed E-state index contributed by atoms with van der Waals surface area (Å²) in [6.45, 7) is 1.75. The van der Waals surface area contributed by atoms with E-state index in [1.165, 1.54) is 6.08 Å². The fraction of sp³-hybridized carbons (Fsp3) is 0.179. The number of allylic oxidation sites excluding steroid dienone is 1. The van der Waals surface area contributed by atoms with Crippen LogP contribution in [-0.4, -0.2) is 32.7 Å². The van der Waals surface area contributed by atoms with E-state index < -0.39 is 12.0 Å². The molecule has 0 unspecified atom stereocenters. The third-order valence-corrected chi connectivity index (χ3v) is 5.98. The predicted octanol–water partition coefficient (Wildman–Crippen LogP) is 5.10. The van der Waals surface area contributed by atoms with Gasteiger partial charge in [0, 0.05) is 23.7 Å². The van der Waals surface area contributed by atoms with Gasteiger partial charge in [0.15, 0.2) is 5.78 Å². The summed E-state index contributed by atoms with van der Waals surface area (Å²) in [4.78, 5) is 23.5. The lowest BCUT2D eigenvalue weighted by Crippen LogP contribution is -2.36. The molecule has 0 aliphatic carbocycles. The summed E-state index contributed by atoms with van der Waals surface area (Å²) in [6, 6.07) is 23.2. The topological polar surface area (TPSA) is 98.2 Å². The minimum atomic E-state index is -1.05. The molecular weight excluding hydrogens is 426 g/mol. The Morgan fingerprint density at radius 2 is 1.74 bits per heavy atom. The van der Waals surface area contributed by atoms with E-state index in [1.54, 1.807) is 13.0 Å². The van der Waals surface area contributed by atoms with Crippen molar-refractivity contribution >= 4 is 28.6 Å². The van der Waals surface area contributed by atoms with Gasteiger partial charge in [-0.1, -0.05) is 61.5 Å². The van der Waals surface area contributed by atoms with Crippen LogP contribution in [0.15, 0.2) is 85.1 Å². The molecule has 1 heterocycles. The predicted molar refractivity (Wildman–Crippen MR) is 135 cm³/mol. The average molecular weight is 454 g/mol. The van der Waals surface area contributed by atoms with Crippen LogP contribution in [0.25, 0.3) is 33.8 Å². The number of nitrogens with two attached hydrogens (primary N) is 1. The lowest BCUT2D eigenvalue weighted by Gasteiger charge is -2.14. The van der Waals surface area contributed by atoms with Gasteiger partial charge in [0.05, 0.1) is 11.4 Å². The van der Waals surface area contributed by atoms with Gasteiger partial charge < -0.3 is 10.8 Å². The number of carbonyl (C=O) groups excluding carboxylic acids is 1. The highest BCUT2D eigenvalue weighted by Crippen LogP contribution is 2.28. The summed E-state index contributed by atoms with van der Waals surface area (Å²) in [5.74, 6) is -1.42. The fourth-order valence-corrected chi connectivity index (χ4v) is 3.84. The summed E-state index contributed by atoms with van der Waals surface area (Å²) < 4.78 is 1.81. The van der Waals surface area contributed by atoms with Crippen molar-refractivity contribution in [3.05, 3.63) is 90.6 Å². The van der Waals surface area contributed by atoms with Crippen LogP contribution in [0.4, 0.5) is 0 Å². The maximum atomic E-state index is 12.5. The Morgan fingerprint density at radius 1 is 1.03 bits per heavy atom. The van der Waals surface area contributed by atoms with Gasteiger partial charge in [0.1, 0.15) is 6.04 Å². The van der Waals surface area contributed by atoms with Crippen molar-refractivity contribution in [2.45, 2.75) is 25.8 Å². The molecule has 6 nitrogen and oxygen atoms in total. The van der Waals surface area contributed by atoms with E-state index in [2.05, 4.69) is 24.3 Å². The second-order valence-corrected chi connectivity index (χ2v) is 8.45. The van der Waals surface area contributed by atoms with Crippen LogP contribution in [-0.2, 0) is 9.59 Å². The molecule has 6 heteroatoms. The summed E-state index contributed by atoms with van der Waals surface area (Å²) in [7, 11) is 0. The lowest BCUT2D eigenvalue weighted by molar-refractivity contribution is -0.139. The zero-order valence-electron chi connectivity index (χ0n) is 19.0. The van der Waals surface area contributed by atoms with Gasteiger partial charge in [-0.2, -0.15) is 5.10 Å². The van der Waals surface area contributed by atoms with E-state index in [-0.39, 0.29) is 18.1 Å². The summed E-state index contributed by atoms with van der Waals surface area (Å²) >= 11 is 0. The van der Waals surface area contributed by atoms with Crippen LogP contribution in [0.5, 0.6) is 0 Å². The molecule has 0 amide bonds. The molecule has 0 fully saturated rings. The molecule has 0 saturated carbocycles. The molecule has 3 aromatic carbocycles. The molecule has 4 aromatic rings. The monoisotopic (exact) mass is 453 g/mol. The first-order valence-corrected chi connectivity index (χ1v) is 11.3. The highest BCUT2D eigenvalue weighted by atomic mass is 16.4. The number of rotatable bonds is 9. The van der Waals surface area contributed by atoms with Crippen LogP contribution >= 0.6 is 0 Å². The van der Waals surface area contributed by atoms with Gasteiger partial charge in [0.25, 0.3) is 0 Å². The van der Waals surface area contributed by atoms with Gasteiger partial charge in [0.2, 0.25) is 0 Å². The van der Waals surface area contributed by atoms with Crippen molar-refractivity contribution in [2.24, 2.45) is 11.7 Å². The first kappa shape index (κ1) is 23.1. The van der Waals surface area contributed by atoms with Gasteiger partial charge in [-0.3, -0.25) is 9.59 Å². The smallest absolute Gasteiger partial charge is 0.320 e. The average Bonchev–Trinajstić information content (AvgIpc) is 3.30. The molecule has 0 spiro atoms. The van der Waals surface area contributed by atoms with Crippen LogP contribution in [0.2, 0.25) is 0 Å². The number of nitrogens with zero attached hydrogens (tertiary/aromatic N) is 2. The third kappa shape index (κ3) is 5.30. The maximum absolute atomic E-state index is 12.5. The van der Waals surface area contributed by atoms with E-state index in [0.29, 0.717) is 6.42 Å². The van der Waals surface area contributed by atoms with Crippen LogP contribution < -0.4 is 5.73 Å². The highest BCUT2D eigenvalue weighted by Gasteiger charge is 2.20. The normalized spacial score (nSPS) is 13.2. The minimum absolute atomic E-state index is 0.0821. The first-order chi connectivity index (χ1) is 16.4. The van der Waals surface area contributed by atoms with E-state index >= 15 is 0 Å². The second kappa shape index (κ2) is 10.3. The lowest BCUT2D eigenvalue weighted by atomic mass is 9.96. The zero-order chi connectivity index (χ0) is 24.1. The standard InChI is InChI=1S/C28H27N3O3/c1-19(26(29)28(33)34)11-15-25(32)16-14-23-18-31(24-9-3-2-4-10-24)30-27(23)22-13-12-20-7-5-6-8-21(20)17-22/h2-10,12-14,16-19,26H,11,15,29H2,1H3,(H,33,34)/t19-,26-/m0/s1. The van der Waals surface area contributed by atoms with Gasteiger partial charge in [-0.25, -0.2) is 4.68 Å². The van der Waals surface area contributed by atoms with Crippen LogP contribution in [0.1, 0.15) is 25.3 Å². The number of carbonyl (C=O) groups is 2. The molecule has 0 bridgehead atoms. The Bertz CT molecular complexity index is 1340. The van der Waals surface area contributed by atoms with Gasteiger partial charge in [-0.05, 0) is 53.5 Å². The van der Waals surface area contributed by atoms with Crippen molar-refractivity contribution in [1.29, 1.82) is 0 Å². The Balaban J connectivity index is 1.62. The number of carboxylic acid groups (broad SMARTS) is 1. The number of aliphatic carboxylic acids is 1. The Morgan fingerprint density at radius 3 is 2.47 bits per heavy atom. The second-order valence-electron chi connectivity index (χ2n) is 8.45. The van der Waals surface area contributed by atoms with Gasteiger partial charge >= 0.3 is 5.97 Å². The van der Waals surface area contributed by atoms with Crippen molar-refractivity contribution in [2.75, 3.05) is 0 Å². The molecule has 1 aromatic heterocycles. The van der Waals surface area contributed by atoms with E-state index in [0.717, 1.165) is 33.3 Å². The third-order valence-electron chi connectivity index (χ3n) is 5.98. The van der Waals surface area contributed by atoms with Gasteiger partial charge in [-0.15, -0.1) is 0 Å². The SMILES string of the molecule is C[C@@H](CCC(=O)C=Cc1cn(-c2ccccc2)nc1-c1ccc2ccccc2c1)[C@H](N)C(=O)O. The molecule has 0 aliphatic heterocycles. The van der Waals surface area contributed by atoms with Crippen molar-refractivity contribution in [3.63, 3.8) is 0 Å². The van der Waals surface area contributed by atoms with Crippen molar-refractivity contribution in [3.8, 4) is 16.9 Å². The summed E-state index contributed by atoms with van der Waals surface area (Å²) in [5, 5.41) is 16.1. The Hall–Kier alpha value is -4.03. The molecule has 0 radical (unpaired) electrons. The Kier molecular flexibility index (Phi) is 6.99. The van der Waals surface area contributed by atoms with E-state index in [4.69, 9.17) is 15.9 Å². The molecular formula is C28H27N3O3. The number of aromatic nitrogens is 2. The molecule has 172 valence electrons. The molecule has 4 rings (SSSR count). The number of fused-ring (bicyclic) bond motifs is 1. The van der Waals surface area contributed by atoms with Crippen molar-refractivity contribution < 1.29 is 14.7 Å². The number of carboxylic acids is 1. The molecule has 3 N–H and O–H groups in total. The number of para-hydroxylation sites is 1. The summed E-state index contributed by atoms with van der Waals surface area (Å²) in [6.07, 6.45) is 5.87. The quantitative estimate of drug-likeness (QED) is 0.344. The van der Waals surface area contributed by atoms with E-state index in [1.807, 2.05) is 59.4 Å². The number of hydrogen-bond acceptors (Lipinski definition) is 4. The largest absolute Gasteiger partial charge is 0.480 e. The summed E-state index contributed by atoms with van der Waals surface area (Å²) in [5.41, 5.74) is 9.14. The Labute approximate surface area is 198 Å². The molecule has 2 atom stereocenters. The van der Waals surface area contributed by atoms with Crippen molar-refractivity contribution in [1.82, 2.24) is 9.78 Å². The highest BCUT2D eigenvalue weighted by molar-refractivity contribution is 5.95. The molecule has 34 heavy (non-hydrogen) atoms. The number of ketones is 1. The number of benzene rings is 3. The molecule has 0 saturated heterocycles. The first-order valence-electron chi connectivity index (χ1n) is 11.3. The zero-order valence-corrected chi connectivity index (χ0v) is 19.0. The maximum Gasteiger partial charge on any atom is 0.320 e. The van der Waals surface area contributed by atoms with E-state index in [9.17, 15) is 9.59 Å².